The molecule has 1 heterocycles. The summed E-state index contributed by atoms with van der Waals surface area (Å²) in [5.41, 5.74) is 5.79. The van der Waals surface area contributed by atoms with Crippen molar-refractivity contribution in [1.82, 2.24) is 15.3 Å². The van der Waals surface area contributed by atoms with Crippen molar-refractivity contribution in [1.29, 1.82) is 0 Å². The number of carbonyl (C=O) groups is 1. The van der Waals surface area contributed by atoms with Gasteiger partial charge < -0.3 is 16.0 Å². The van der Waals surface area contributed by atoms with Crippen LogP contribution in [0, 0.1) is 5.92 Å². The third kappa shape index (κ3) is 4.39. The maximum atomic E-state index is 11.5. The second-order valence-corrected chi connectivity index (χ2v) is 4.71. The Bertz CT molecular complexity index is 435. The third-order valence-corrected chi connectivity index (χ3v) is 2.89. The molecule has 0 bridgehead atoms. The summed E-state index contributed by atoms with van der Waals surface area (Å²) in [5, 5.41) is 2.64. The first-order valence-corrected chi connectivity index (χ1v) is 6.54. The lowest BCUT2D eigenvalue weighted by Gasteiger charge is -2.22. The smallest absolute Gasteiger partial charge is 0.224 e. The van der Waals surface area contributed by atoms with Crippen molar-refractivity contribution in [2.75, 3.05) is 31.3 Å². The van der Waals surface area contributed by atoms with E-state index in [0.717, 1.165) is 24.5 Å². The minimum Gasteiger partial charge on any atom is -0.384 e. The number of amides is 1. The van der Waals surface area contributed by atoms with Crippen molar-refractivity contribution in [3.8, 4) is 0 Å². The van der Waals surface area contributed by atoms with Crippen LogP contribution in [-0.2, 0) is 11.2 Å². The number of anilines is 2. The largest absolute Gasteiger partial charge is 0.384 e. The van der Waals surface area contributed by atoms with E-state index in [4.69, 9.17) is 5.73 Å². The van der Waals surface area contributed by atoms with E-state index in [9.17, 15) is 4.79 Å². The molecule has 1 amide bonds. The summed E-state index contributed by atoms with van der Waals surface area (Å²) in [7, 11) is 3.54. The van der Waals surface area contributed by atoms with Crippen molar-refractivity contribution < 1.29 is 4.79 Å². The molecule has 1 aromatic rings. The van der Waals surface area contributed by atoms with Crippen LogP contribution in [0.25, 0.3) is 0 Å². The van der Waals surface area contributed by atoms with E-state index in [0.29, 0.717) is 12.4 Å². The lowest BCUT2D eigenvalue weighted by molar-refractivity contribution is -0.123. The molecule has 0 aliphatic rings. The molecule has 0 fully saturated rings. The molecule has 1 atom stereocenters. The number of hydrogen-bond acceptors (Lipinski definition) is 5. The molecule has 0 aromatic carbocycles. The Morgan fingerprint density at radius 3 is 2.79 bits per heavy atom. The number of rotatable bonds is 6. The van der Waals surface area contributed by atoms with Crippen molar-refractivity contribution in [2.45, 2.75) is 26.7 Å². The zero-order valence-corrected chi connectivity index (χ0v) is 12.1. The highest BCUT2D eigenvalue weighted by atomic mass is 16.1. The maximum Gasteiger partial charge on any atom is 0.224 e. The minimum absolute atomic E-state index is 0.0164. The van der Waals surface area contributed by atoms with Gasteiger partial charge in [0, 0.05) is 33.1 Å². The number of nitrogen functional groups attached to an aromatic ring is 1. The molecule has 19 heavy (non-hydrogen) atoms. The van der Waals surface area contributed by atoms with Crippen LogP contribution < -0.4 is 16.0 Å². The predicted octanol–water partition coefficient (Wildman–Crippen LogP) is 0.830. The van der Waals surface area contributed by atoms with E-state index in [2.05, 4.69) is 22.2 Å². The minimum atomic E-state index is -0.110. The standard InChI is InChI=1S/C13H23N5O/c1-5-6-11-16-10(14)7-12(17-11)18(4)8-9(2)13(19)15-3/h7,9H,5-6,8H2,1-4H3,(H,15,19)(H2,14,16,17). The molecule has 0 saturated heterocycles. The van der Waals surface area contributed by atoms with E-state index in [1.54, 1.807) is 13.1 Å². The number of carbonyl (C=O) groups excluding carboxylic acids is 1. The first-order valence-electron chi connectivity index (χ1n) is 6.54. The molecule has 0 aliphatic carbocycles. The van der Waals surface area contributed by atoms with Crippen LogP contribution >= 0.6 is 0 Å². The highest BCUT2D eigenvalue weighted by Gasteiger charge is 2.15. The van der Waals surface area contributed by atoms with Gasteiger partial charge in [0.05, 0.1) is 5.92 Å². The predicted molar refractivity (Wildman–Crippen MR) is 76.9 cm³/mol. The van der Waals surface area contributed by atoms with Crippen molar-refractivity contribution in [3.63, 3.8) is 0 Å². The summed E-state index contributed by atoms with van der Waals surface area (Å²) >= 11 is 0. The van der Waals surface area contributed by atoms with Gasteiger partial charge in [0.25, 0.3) is 0 Å². The molecule has 1 unspecified atom stereocenters. The fourth-order valence-corrected chi connectivity index (χ4v) is 1.87. The van der Waals surface area contributed by atoms with Crippen LogP contribution in [0.1, 0.15) is 26.1 Å². The summed E-state index contributed by atoms with van der Waals surface area (Å²) in [6.07, 6.45) is 1.78. The van der Waals surface area contributed by atoms with E-state index >= 15 is 0 Å². The Morgan fingerprint density at radius 2 is 2.21 bits per heavy atom. The highest BCUT2D eigenvalue weighted by Crippen LogP contribution is 2.15. The molecule has 6 heteroatoms. The summed E-state index contributed by atoms with van der Waals surface area (Å²) < 4.78 is 0. The average Bonchev–Trinajstić information content (AvgIpc) is 2.37. The van der Waals surface area contributed by atoms with Gasteiger partial charge in [-0.05, 0) is 6.42 Å². The van der Waals surface area contributed by atoms with Crippen LogP contribution in [0.4, 0.5) is 11.6 Å². The number of nitrogens with two attached hydrogens (primary N) is 1. The quantitative estimate of drug-likeness (QED) is 0.796. The van der Waals surface area contributed by atoms with Gasteiger partial charge in [-0.1, -0.05) is 13.8 Å². The normalized spacial score (nSPS) is 12.0. The Balaban J connectivity index is 2.81. The summed E-state index contributed by atoms with van der Waals surface area (Å²) in [5.74, 6) is 1.88. The fraction of sp³-hybridized carbons (Fsp3) is 0.615. The van der Waals surface area contributed by atoms with Crippen LogP contribution in [0.15, 0.2) is 6.07 Å². The molecule has 0 radical (unpaired) electrons. The molecule has 106 valence electrons. The molecule has 3 N–H and O–H groups in total. The first-order chi connectivity index (χ1) is 8.97. The van der Waals surface area contributed by atoms with E-state index in [1.165, 1.54) is 0 Å². The Hall–Kier alpha value is -1.85. The Morgan fingerprint density at radius 1 is 1.53 bits per heavy atom. The van der Waals surface area contributed by atoms with Crippen molar-refractivity contribution >= 4 is 17.5 Å². The molecular formula is C13H23N5O. The van der Waals surface area contributed by atoms with Gasteiger partial charge in [-0.25, -0.2) is 9.97 Å². The van der Waals surface area contributed by atoms with Gasteiger partial charge in [-0.15, -0.1) is 0 Å². The number of aryl methyl sites for hydroxylation is 1. The maximum absolute atomic E-state index is 11.5. The van der Waals surface area contributed by atoms with Crippen molar-refractivity contribution in [2.24, 2.45) is 5.92 Å². The second kappa shape index (κ2) is 6.92. The van der Waals surface area contributed by atoms with Crippen LogP contribution in [-0.4, -0.2) is 36.5 Å². The SMILES string of the molecule is CCCc1nc(N)cc(N(C)CC(C)C(=O)NC)n1. The monoisotopic (exact) mass is 265 g/mol. The fourth-order valence-electron chi connectivity index (χ4n) is 1.87. The molecule has 1 rings (SSSR count). The van der Waals surface area contributed by atoms with Crippen LogP contribution in [0.5, 0.6) is 0 Å². The van der Waals surface area contributed by atoms with E-state index in [1.807, 2.05) is 18.9 Å². The van der Waals surface area contributed by atoms with Gasteiger partial charge in [0.1, 0.15) is 17.5 Å². The zero-order valence-electron chi connectivity index (χ0n) is 12.1. The molecule has 1 aromatic heterocycles. The van der Waals surface area contributed by atoms with Gasteiger partial charge in [0.15, 0.2) is 0 Å². The second-order valence-electron chi connectivity index (χ2n) is 4.71. The van der Waals surface area contributed by atoms with E-state index < -0.39 is 0 Å². The van der Waals surface area contributed by atoms with Crippen LogP contribution in [0.3, 0.4) is 0 Å². The zero-order chi connectivity index (χ0) is 14.4. The lowest BCUT2D eigenvalue weighted by Crippen LogP contribution is -2.34. The summed E-state index contributed by atoms with van der Waals surface area (Å²) in [6.45, 7) is 4.54. The van der Waals surface area contributed by atoms with Crippen LogP contribution in [0.2, 0.25) is 0 Å². The van der Waals surface area contributed by atoms with Gasteiger partial charge >= 0.3 is 0 Å². The molecule has 0 aliphatic heterocycles. The highest BCUT2D eigenvalue weighted by molar-refractivity contribution is 5.78. The number of nitrogens with zero attached hydrogens (tertiary/aromatic N) is 3. The summed E-state index contributed by atoms with van der Waals surface area (Å²) in [6, 6.07) is 1.73. The third-order valence-electron chi connectivity index (χ3n) is 2.89. The van der Waals surface area contributed by atoms with Gasteiger partial charge in [0.2, 0.25) is 5.91 Å². The molecule has 0 spiro atoms. The number of nitrogens with one attached hydrogen (secondary N) is 1. The average molecular weight is 265 g/mol. The Kier molecular flexibility index (Phi) is 5.54. The number of aromatic nitrogens is 2. The Labute approximate surface area is 114 Å². The summed E-state index contributed by atoms with van der Waals surface area (Å²) in [4.78, 5) is 22.1. The molecule has 0 saturated carbocycles. The first kappa shape index (κ1) is 15.2. The molecule has 6 nitrogen and oxygen atoms in total. The number of hydrogen-bond donors (Lipinski definition) is 2. The van der Waals surface area contributed by atoms with Gasteiger partial charge in [-0.3, -0.25) is 4.79 Å². The van der Waals surface area contributed by atoms with Crippen molar-refractivity contribution in [3.05, 3.63) is 11.9 Å². The van der Waals surface area contributed by atoms with Gasteiger partial charge in [-0.2, -0.15) is 0 Å². The lowest BCUT2D eigenvalue weighted by atomic mass is 10.1. The van der Waals surface area contributed by atoms with E-state index in [-0.39, 0.29) is 11.8 Å². The topological polar surface area (TPSA) is 84.1 Å². The molecular weight excluding hydrogens is 242 g/mol.